The third-order valence-corrected chi connectivity index (χ3v) is 4.71. The van der Waals surface area contributed by atoms with Crippen LogP contribution in [-0.4, -0.2) is 37.2 Å². The van der Waals surface area contributed by atoms with Gasteiger partial charge in [0.05, 0.1) is 11.6 Å². The summed E-state index contributed by atoms with van der Waals surface area (Å²) in [5.41, 5.74) is 1.28. The molecule has 2 aromatic rings. The van der Waals surface area contributed by atoms with Gasteiger partial charge in [0.25, 0.3) is 0 Å². The molecule has 3 rings (SSSR count). The highest BCUT2D eigenvalue weighted by atomic mass is 32.1. The topological polar surface area (TPSA) is 58.5 Å². The number of aliphatic imine (C=N–C) groups is 1. The first-order valence-corrected chi connectivity index (χ1v) is 8.66. The van der Waals surface area contributed by atoms with Gasteiger partial charge in [-0.05, 0) is 18.6 Å². The lowest BCUT2D eigenvalue weighted by Crippen LogP contribution is -2.42. The second-order valence-electron chi connectivity index (χ2n) is 5.55. The van der Waals surface area contributed by atoms with E-state index in [-0.39, 0.29) is 6.10 Å². The summed E-state index contributed by atoms with van der Waals surface area (Å²) in [5, 5.41) is 7.81. The molecule has 1 aliphatic rings. The molecule has 2 heterocycles. The summed E-state index contributed by atoms with van der Waals surface area (Å²) >= 11 is 1.74. The van der Waals surface area contributed by atoms with Crippen LogP contribution in [0.25, 0.3) is 0 Å². The number of hydrogen-bond acceptors (Lipinski definition) is 4. The van der Waals surface area contributed by atoms with Crippen LogP contribution in [0.15, 0.2) is 35.5 Å². The van der Waals surface area contributed by atoms with Gasteiger partial charge < -0.3 is 15.4 Å². The highest BCUT2D eigenvalue weighted by Gasteiger charge is 2.22. The number of aromatic nitrogens is 1. The monoisotopic (exact) mass is 330 g/mol. The van der Waals surface area contributed by atoms with Crippen molar-refractivity contribution in [2.75, 3.05) is 20.1 Å². The number of thiazole rings is 1. The van der Waals surface area contributed by atoms with Crippen molar-refractivity contribution in [2.45, 2.75) is 25.9 Å². The molecular formula is C17H22N4OS. The van der Waals surface area contributed by atoms with Gasteiger partial charge in [0.1, 0.15) is 11.9 Å². The van der Waals surface area contributed by atoms with Crippen LogP contribution >= 0.6 is 11.3 Å². The van der Waals surface area contributed by atoms with Crippen molar-refractivity contribution in [2.24, 2.45) is 4.99 Å². The third kappa shape index (κ3) is 4.22. The standard InChI is InChI=1S/C17H22N4OS/c1-12-10-20-16(23-12)7-8-19-17(18-2)21-11-14-9-13-5-3-4-6-15(13)22-14/h3-6,10,14H,7-9,11H2,1-2H3,(H2,18,19,21). The molecule has 1 unspecified atom stereocenters. The van der Waals surface area contributed by atoms with E-state index in [1.165, 1.54) is 10.4 Å². The molecule has 122 valence electrons. The summed E-state index contributed by atoms with van der Waals surface area (Å²) < 4.78 is 5.92. The first-order chi connectivity index (χ1) is 11.2. The van der Waals surface area contributed by atoms with E-state index in [1.807, 2.05) is 18.3 Å². The van der Waals surface area contributed by atoms with Gasteiger partial charge in [-0.3, -0.25) is 4.99 Å². The molecule has 1 aromatic carbocycles. The summed E-state index contributed by atoms with van der Waals surface area (Å²) in [6, 6.07) is 8.21. The van der Waals surface area contributed by atoms with Gasteiger partial charge in [-0.25, -0.2) is 4.98 Å². The van der Waals surface area contributed by atoms with Crippen LogP contribution in [-0.2, 0) is 12.8 Å². The Morgan fingerprint density at radius 3 is 3.00 bits per heavy atom. The predicted molar refractivity (Wildman–Crippen MR) is 94.5 cm³/mol. The number of nitrogens with zero attached hydrogens (tertiary/aromatic N) is 2. The van der Waals surface area contributed by atoms with Gasteiger partial charge >= 0.3 is 0 Å². The molecule has 0 saturated heterocycles. The number of rotatable bonds is 5. The van der Waals surface area contributed by atoms with E-state index in [0.29, 0.717) is 0 Å². The van der Waals surface area contributed by atoms with E-state index in [1.54, 1.807) is 18.4 Å². The Morgan fingerprint density at radius 1 is 1.39 bits per heavy atom. The van der Waals surface area contributed by atoms with E-state index in [9.17, 15) is 0 Å². The van der Waals surface area contributed by atoms with Crippen molar-refractivity contribution >= 4 is 17.3 Å². The van der Waals surface area contributed by atoms with Gasteiger partial charge in [-0.2, -0.15) is 0 Å². The maximum absolute atomic E-state index is 5.92. The first kappa shape index (κ1) is 15.8. The van der Waals surface area contributed by atoms with E-state index in [0.717, 1.165) is 42.6 Å². The molecule has 2 N–H and O–H groups in total. The minimum absolute atomic E-state index is 0.160. The van der Waals surface area contributed by atoms with Crippen LogP contribution in [0.1, 0.15) is 15.4 Å². The fourth-order valence-electron chi connectivity index (χ4n) is 2.60. The minimum atomic E-state index is 0.160. The highest BCUT2D eigenvalue weighted by Crippen LogP contribution is 2.27. The Hall–Kier alpha value is -2.08. The minimum Gasteiger partial charge on any atom is -0.488 e. The molecule has 1 aliphatic heterocycles. The number of guanidine groups is 1. The number of para-hydroxylation sites is 1. The van der Waals surface area contributed by atoms with E-state index in [2.05, 4.69) is 39.7 Å². The molecule has 23 heavy (non-hydrogen) atoms. The summed E-state index contributed by atoms with van der Waals surface area (Å²) in [6.45, 7) is 3.64. The Bertz CT molecular complexity index is 658. The maximum atomic E-state index is 5.92. The summed E-state index contributed by atoms with van der Waals surface area (Å²) in [7, 11) is 1.78. The molecule has 0 saturated carbocycles. The molecule has 0 aliphatic carbocycles. The smallest absolute Gasteiger partial charge is 0.191 e. The molecule has 1 atom stereocenters. The van der Waals surface area contributed by atoms with Crippen LogP contribution in [0.3, 0.4) is 0 Å². The van der Waals surface area contributed by atoms with Gasteiger partial charge in [-0.1, -0.05) is 18.2 Å². The summed E-state index contributed by atoms with van der Waals surface area (Å²) in [4.78, 5) is 9.88. The summed E-state index contributed by atoms with van der Waals surface area (Å²) in [6.07, 6.45) is 3.93. The van der Waals surface area contributed by atoms with Crippen LogP contribution in [0.2, 0.25) is 0 Å². The van der Waals surface area contributed by atoms with Crippen LogP contribution in [0.4, 0.5) is 0 Å². The Kier molecular flexibility index (Phi) is 5.12. The summed E-state index contributed by atoms with van der Waals surface area (Å²) in [5.74, 6) is 1.80. The number of hydrogen-bond donors (Lipinski definition) is 2. The average Bonchev–Trinajstić information content (AvgIpc) is 3.16. The molecule has 5 nitrogen and oxygen atoms in total. The maximum Gasteiger partial charge on any atom is 0.191 e. The Labute approximate surface area is 140 Å². The highest BCUT2D eigenvalue weighted by molar-refractivity contribution is 7.11. The number of aryl methyl sites for hydroxylation is 1. The number of fused-ring (bicyclic) bond motifs is 1. The van der Waals surface area contributed by atoms with Crippen LogP contribution in [0.5, 0.6) is 5.75 Å². The molecule has 0 radical (unpaired) electrons. The van der Waals surface area contributed by atoms with Crippen molar-refractivity contribution < 1.29 is 4.74 Å². The zero-order valence-corrected chi connectivity index (χ0v) is 14.3. The fraction of sp³-hybridized carbons (Fsp3) is 0.412. The van der Waals surface area contributed by atoms with Crippen LogP contribution in [0, 0.1) is 6.92 Å². The number of nitrogens with one attached hydrogen (secondary N) is 2. The largest absolute Gasteiger partial charge is 0.488 e. The first-order valence-electron chi connectivity index (χ1n) is 7.85. The molecule has 0 bridgehead atoms. The third-order valence-electron chi connectivity index (χ3n) is 3.74. The molecule has 0 fully saturated rings. The lowest BCUT2D eigenvalue weighted by molar-refractivity contribution is 0.235. The molecule has 6 heteroatoms. The Balaban J connectivity index is 1.40. The second kappa shape index (κ2) is 7.46. The van der Waals surface area contributed by atoms with Crippen molar-refractivity contribution in [3.63, 3.8) is 0 Å². The van der Waals surface area contributed by atoms with Gasteiger partial charge in [0, 0.05) is 37.5 Å². The predicted octanol–water partition coefficient (Wildman–Crippen LogP) is 2.16. The number of ether oxygens (including phenoxy) is 1. The lowest BCUT2D eigenvalue weighted by Gasteiger charge is -2.15. The van der Waals surface area contributed by atoms with Crippen molar-refractivity contribution in [3.8, 4) is 5.75 Å². The molecular weight excluding hydrogens is 308 g/mol. The number of benzene rings is 1. The molecule has 0 amide bonds. The van der Waals surface area contributed by atoms with Crippen molar-refractivity contribution in [1.29, 1.82) is 0 Å². The lowest BCUT2D eigenvalue weighted by atomic mass is 10.1. The Morgan fingerprint density at radius 2 is 2.26 bits per heavy atom. The molecule has 0 spiro atoms. The second-order valence-corrected chi connectivity index (χ2v) is 6.87. The van der Waals surface area contributed by atoms with Gasteiger partial charge in [0.15, 0.2) is 5.96 Å². The van der Waals surface area contributed by atoms with E-state index >= 15 is 0 Å². The van der Waals surface area contributed by atoms with Crippen molar-refractivity contribution in [1.82, 2.24) is 15.6 Å². The van der Waals surface area contributed by atoms with Crippen LogP contribution < -0.4 is 15.4 Å². The zero-order valence-electron chi connectivity index (χ0n) is 13.5. The van der Waals surface area contributed by atoms with Gasteiger partial charge in [-0.15, -0.1) is 11.3 Å². The molecule has 1 aromatic heterocycles. The SMILES string of the molecule is CN=C(NCCc1ncc(C)s1)NCC1Cc2ccccc2O1. The van der Waals surface area contributed by atoms with E-state index < -0.39 is 0 Å². The average molecular weight is 330 g/mol. The van der Waals surface area contributed by atoms with Gasteiger partial charge in [0.2, 0.25) is 0 Å². The van der Waals surface area contributed by atoms with E-state index in [4.69, 9.17) is 4.74 Å². The fourth-order valence-corrected chi connectivity index (χ4v) is 3.39. The normalized spacial score (nSPS) is 16.8. The quantitative estimate of drug-likeness (QED) is 0.651. The van der Waals surface area contributed by atoms with Crippen molar-refractivity contribution in [3.05, 3.63) is 45.9 Å². The zero-order chi connectivity index (χ0) is 16.1.